The van der Waals surface area contributed by atoms with Gasteiger partial charge in [-0.2, -0.15) is 5.26 Å². The molecule has 0 amide bonds. The van der Waals surface area contributed by atoms with Crippen molar-refractivity contribution in [1.29, 1.82) is 5.26 Å². The second-order valence-electron chi connectivity index (χ2n) is 3.39. The molecule has 4 heteroatoms. The molecule has 0 radical (unpaired) electrons. The predicted octanol–water partition coefficient (Wildman–Crippen LogP) is 3.83. The highest BCUT2D eigenvalue weighted by molar-refractivity contribution is 6.36. The lowest BCUT2D eigenvalue weighted by Crippen LogP contribution is -1.95. The molecule has 0 fully saturated rings. The third-order valence-electron chi connectivity index (χ3n) is 2.34. The second-order valence-corrected chi connectivity index (χ2v) is 4.09. The third-order valence-corrected chi connectivity index (χ3v) is 2.94. The van der Waals surface area contributed by atoms with Crippen molar-refractivity contribution in [2.24, 2.45) is 0 Å². The van der Waals surface area contributed by atoms with Gasteiger partial charge >= 0.3 is 0 Å². The van der Waals surface area contributed by atoms with Crippen LogP contribution in [0.5, 0.6) is 0 Å². The van der Waals surface area contributed by atoms with Gasteiger partial charge in [0.05, 0.1) is 18.2 Å². The van der Waals surface area contributed by atoms with Gasteiger partial charge in [-0.05, 0) is 24.3 Å². The zero-order valence-electron chi connectivity index (χ0n) is 8.32. The Balaban J connectivity index is 2.46. The Labute approximate surface area is 103 Å². The van der Waals surface area contributed by atoms with E-state index < -0.39 is 0 Å². The quantitative estimate of drug-likeness (QED) is 0.797. The lowest BCUT2D eigenvalue weighted by Gasteiger charge is -2.03. The third kappa shape index (κ3) is 2.06. The minimum Gasteiger partial charge on any atom is -0.342 e. The number of nitriles is 1. The van der Waals surface area contributed by atoms with E-state index in [0.29, 0.717) is 17.1 Å². The van der Waals surface area contributed by atoms with Gasteiger partial charge in [0.25, 0.3) is 0 Å². The van der Waals surface area contributed by atoms with E-state index in [1.54, 1.807) is 6.07 Å². The second kappa shape index (κ2) is 4.61. The van der Waals surface area contributed by atoms with Crippen molar-refractivity contribution in [3.05, 3.63) is 46.6 Å². The Morgan fingerprint density at radius 2 is 2.25 bits per heavy atom. The maximum atomic E-state index is 8.78. The van der Waals surface area contributed by atoms with Crippen LogP contribution in [0.15, 0.2) is 41.0 Å². The molecule has 0 atom stereocenters. The van der Waals surface area contributed by atoms with E-state index in [1.165, 1.54) is 5.54 Å². The molecule has 0 aliphatic heterocycles. The Morgan fingerprint density at radius 3 is 2.94 bits per heavy atom. The lowest BCUT2D eigenvalue weighted by atomic mass is 10.2. The molecule has 0 saturated carbocycles. The normalized spacial score (nSPS) is 11.7. The molecule has 80 valence electrons. The number of aromatic nitrogens is 1. The summed E-state index contributed by atoms with van der Waals surface area (Å²) in [6.45, 7) is 0.542. The number of nitrogens with zero attached hydrogens (tertiary/aromatic N) is 2. The lowest BCUT2D eigenvalue weighted by molar-refractivity contribution is 0.852. The first-order valence-electron chi connectivity index (χ1n) is 4.68. The number of fused-ring (bicyclic) bond motifs is 1. The molecule has 1 aromatic carbocycles. The zero-order valence-corrected chi connectivity index (χ0v) is 9.83. The van der Waals surface area contributed by atoms with Crippen molar-refractivity contribution < 1.29 is 0 Å². The number of hydrogen-bond acceptors (Lipinski definition) is 1. The van der Waals surface area contributed by atoms with Gasteiger partial charge in [-0.25, -0.2) is 0 Å². The first-order valence-corrected chi connectivity index (χ1v) is 5.50. The van der Waals surface area contributed by atoms with E-state index in [4.69, 9.17) is 28.5 Å². The van der Waals surface area contributed by atoms with E-state index in [0.717, 1.165) is 10.9 Å². The zero-order chi connectivity index (χ0) is 11.5. The number of benzene rings is 1. The maximum Gasteiger partial charge on any atom is 0.0991 e. The van der Waals surface area contributed by atoms with Gasteiger partial charge in [-0.15, -0.1) is 0 Å². The van der Waals surface area contributed by atoms with E-state index in [-0.39, 0.29) is 0 Å². The molecule has 0 bridgehead atoms. The number of rotatable bonds is 2. The molecule has 0 aliphatic rings. The van der Waals surface area contributed by atoms with Crippen molar-refractivity contribution in [2.75, 3.05) is 0 Å². The van der Waals surface area contributed by atoms with Crippen molar-refractivity contribution in [3.63, 3.8) is 0 Å². The van der Waals surface area contributed by atoms with Crippen LogP contribution in [0.25, 0.3) is 10.9 Å². The van der Waals surface area contributed by atoms with E-state index in [2.05, 4.69) is 6.07 Å². The van der Waals surface area contributed by atoms with Gasteiger partial charge in [0.2, 0.25) is 0 Å². The van der Waals surface area contributed by atoms with Crippen LogP contribution in [-0.4, -0.2) is 4.57 Å². The molecular formula is C12H8Cl2N2. The smallest absolute Gasteiger partial charge is 0.0991 e. The van der Waals surface area contributed by atoms with Crippen LogP contribution in [-0.2, 0) is 6.54 Å². The predicted molar refractivity (Wildman–Crippen MR) is 66.4 cm³/mol. The average Bonchev–Trinajstić information content (AvgIpc) is 2.71. The van der Waals surface area contributed by atoms with Crippen molar-refractivity contribution in [2.45, 2.75) is 6.54 Å². The summed E-state index contributed by atoms with van der Waals surface area (Å²) < 4.78 is 1.98. The summed E-state index contributed by atoms with van der Waals surface area (Å²) in [5, 5.41) is 10.4. The Morgan fingerprint density at radius 1 is 1.44 bits per heavy atom. The van der Waals surface area contributed by atoms with Crippen LogP contribution < -0.4 is 0 Å². The molecule has 16 heavy (non-hydrogen) atoms. The van der Waals surface area contributed by atoms with Crippen LogP contribution in [0.3, 0.4) is 0 Å². The Hall–Kier alpha value is -1.43. The topological polar surface area (TPSA) is 28.7 Å². The summed E-state index contributed by atoms with van der Waals surface area (Å²) in [4.78, 5) is 0. The highest BCUT2D eigenvalue weighted by atomic mass is 35.5. The molecule has 0 aliphatic carbocycles. The van der Waals surface area contributed by atoms with Crippen LogP contribution in [0.2, 0.25) is 0 Å². The van der Waals surface area contributed by atoms with Crippen molar-refractivity contribution in [3.8, 4) is 6.07 Å². The molecule has 1 heterocycles. The maximum absolute atomic E-state index is 8.78. The minimum atomic E-state index is 0.542. The number of allylic oxidation sites excluding steroid dienone is 1. The highest BCUT2D eigenvalue weighted by Crippen LogP contribution is 2.19. The molecule has 1 aromatic heterocycles. The summed E-state index contributed by atoms with van der Waals surface area (Å²) in [5.41, 5.74) is 3.05. The van der Waals surface area contributed by atoms with Gasteiger partial charge in [0, 0.05) is 27.7 Å². The molecule has 2 aromatic rings. The van der Waals surface area contributed by atoms with Crippen LogP contribution >= 0.6 is 23.2 Å². The van der Waals surface area contributed by atoms with Gasteiger partial charge < -0.3 is 4.57 Å². The van der Waals surface area contributed by atoms with Crippen molar-refractivity contribution >= 4 is 34.1 Å². The summed E-state index contributed by atoms with van der Waals surface area (Å²) in [5.74, 6) is 0. The largest absolute Gasteiger partial charge is 0.342 e. The molecule has 2 nitrogen and oxygen atoms in total. The number of hydrogen-bond donors (Lipinski definition) is 0. The van der Waals surface area contributed by atoms with Crippen LogP contribution in [0.4, 0.5) is 0 Å². The highest BCUT2D eigenvalue weighted by Gasteiger charge is 2.03. The molecule has 0 unspecified atom stereocenters. The molecule has 0 N–H and O–H groups in total. The van der Waals surface area contributed by atoms with Crippen LogP contribution in [0.1, 0.15) is 5.56 Å². The Bertz CT molecular complexity index is 591. The fraction of sp³-hybridized carbons (Fsp3) is 0.0833. The fourth-order valence-corrected chi connectivity index (χ4v) is 1.80. The van der Waals surface area contributed by atoms with E-state index in [9.17, 15) is 0 Å². The molecule has 0 spiro atoms. The summed E-state index contributed by atoms with van der Waals surface area (Å²) in [6, 6.07) is 9.61. The van der Waals surface area contributed by atoms with Crippen LogP contribution in [0, 0.1) is 11.3 Å². The summed E-state index contributed by atoms with van der Waals surface area (Å²) in [6.07, 6.45) is 1.93. The SMILES string of the molecule is N#Cc1ccc2c(ccn2C/C(Cl)=C\Cl)c1. The summed E-state index contributed by atoms with van der Waals surface area (Å²) >= 11 is 11.4. The average molecular weight is 251 g/mol. The molecular weight excluding hydrogens is 243 g/mol. The van der Waals surface area contributed by atoms with Gasteiger partial charge in [-0.3, -0.25) is 0 Å². The first-order chi connectivity index (χ1) is 7.74. The Kier molecular flexibility index (Phi) is 3.19. The summed E-state index contributed by atoms with van der Waals surface area (Å²) in [7, 11) is 0. The van der Waals surface area contributed by atoms with E-state index in [1.807, 2.05) is 29.0 Å². The number of halogens is 2. The molecule has 0 saturated heterocycles. The van der Waals surface area contributed by atoms with Gasteiger partial charge in [0.15, 0.2) is 0 Å². The fourth-order valence-electron chi connectivity index (χ4n) is 1.60. The first kappa shape index (κ1) is 11.1. The van der Waals surface area contributed by atoms with Gasteiger partial charge in [-0.1, -0.05) is 23.2 Å². The van der Waals surface area contributed by atoms with Crippen molar-refractivity contribution in [1.82, 2.24) is 4.57 Å². The minimum absolute atomic E-state index is 0.542. The molecule has 2 rings (SSSR count). The monoisotopic (exact) mass is 250 g/mol. The standard InChI is InChI=1S/C12H8Cl2N2/c13-6-11(14)8-16-4-3-10-5-9(7-15)1-2-12(10)16/h1-6H,8H2/b11-6+. The van der Waals surface area contributed by atoms with E-state index >= 15 is 0 Å². The van der Waals surface area contributed by atoms with Gasteiger partial charge in [0.1, 0.15) is 0 Å².